The molecule has 0 spiro atoms. The molecule has 0 atom stereocenters. The van der Waals surface area contributed by atoms with Crippen LogP contribution in [0.5, 0.6) is 5.75 Å². The van der Waals surface area contributed by atoms with Crippen molar-refractivity contribution in [3.8, 4) is 5.75 Å². The number of alkyl halides is 3. The Morgan fingerprint density at radius 1 is 0.893 bits per heavy atom. The lowest BCUT2D eigenvalue weighted by molar-refractivity contribution is -0.137. The molecule has 3 nitrogen and oxygen atoms in total. The number of benzene rings is 3. The van der Waals surface area contributed by atoms with Crippen LogP contribution in [0.15, 0.2) is 77.8 Å². The highest BCUT2D eigenvalue weighted by Gasteiger charge is 2.29. The minimum Gasteiger partial charge on any atom is -0.423 e. The molecule has 0 aliphatic heterocycles. The molecular weight excluding hydrogens is 391 g/mol. The van der Waals surface area contributed by atoms with Gasteiger partial charge in [-0.15, -0.1) is 0 Å². The molecule has 0 saturated heterocycles. The van der Waals surface area contributed by atoms with Gasteiger partial charge in [-0.1, -0.05) is 23.7 Å². The van der Waals surface area contributed by atoms with Crippen LogP contribution in [-0.2, 0) is 6.18 Å². The number of ether oxygens (including phenoxy) is 1. The first-order valence-electron chi connectivity index (χ1n) is 8.10. The molecule has 28 heavy (non-hydrogen) atoms. The van der Waals surface area contributed by atoms with Gasteiger partial charge >= 0.3 is 12.1 Å². The molecule has 0 aliphatic carbocycles. The van der Waals surface area contributed by atoms with Crippen molar-refractivity contribution in [2.45, 2.75) is 6.18 Å². The quantitative estimate of drug-likeness (QED) is 0.290. The highest BCUT2D eigenvalue weighted by atomic mass is 35.5. The minimum absolute atomic E-state index is 0.337. The molecule has 7 heteroatoms. The molecule has 0 N–H and O–H groups in total. The van der Waals surface area contributed by atoms with Gasteiger partial charge in [-0.2, -0.15) is 13.2 Å². The van der Waals surface area contributed by atoms with E-state index in [0.717, 1.165) is 12.1 Å². The van der Waals surface area contributed by atoms with Crippen molar-refractivity contribution < 1.29 is 22.7 Å². The number of carbonyl (C=O) groups excluding carboxylic acids is 1. The van der Waals surface area contributed by atoms with E-state index in [2.05, 4.69) is 4.99 Å². The maximum absolute atomic E-state index is 12.6. The molecule has 3 aromatic carbocycles. The van der Waals surface area contributed by atoms with Gasteiger partial charge in [0.05, 0.1) is 16.8 Å². The summed E-state index contributed by atoms with van der Waals surface area (Å²) in [6.07, 6.45) is -2.92. The first-order chi connectivity index (χ1) is 13.3. The highest BCUT2D eigenvalue weighted by molar-refractivity contribution is 6.30. The predicted molar refractivity (Wildman–Crippen MR) is 102 cm³/mol. The van der Waals surface area contributed by atoms with Crippen molar-refractivity contribution in [1.29, 1.82) is 0 Å². The average molecular weight is 404 g/mol. The van der Waals surface area contributed by atoms with Crippen molar-refractivity contribution in [3.05, 3.63) is 94.5 Å². The Morgan fingerprint density at radius 3 is 2.07 bits per heavy atom. The second-order valence-corrected chi connectivity index (χ2v) is 6.20. The van der Waals surface area contributed by atoms with E-state index >= 15 is 0 Å². The summed E-state index contributed by atoms with van der Waals surface area (Å²) in [5, 5.41) is 0.537. The van der Waals surface area contributed by atoms with E-state index in [1.807, 2.05) is 0 Å². The predicted octanol–water partition coefficient (Wildman–Crippen LogP) is 6.33. The fourth-order valence-electron chi connectivity index (χ4n) is 2.26. The van der Waals surface area contributed by atoms with Crippen molar-refractivity contribution in [3.63, 3.8) is 0 Å². The number of hydrogen-bond donors (Lipinski definition) is 0. The van der Waals surface area contributed by atoms with Crippen LogP contribution in [0.4, 0.5) is 18.9 Å². The van der Waals surface area contributed by atoms with Gasteiger partial charge in [0.2, 0.25) is 0 Å². The zero-order valence-electron chi connectivity index (χ0n) is 14.3. The monoisotopic (exact) mass is 403 g/mol. The van der Waals surface area contributed by atoms with E-state index in [9.17, 15) is 18.0 Å². The summed E-state index contributed by atoms with van der Waals surface area (Å²) in [4.78, 5) is 16.3. The third-order valence-electron chi connectivity index (χ3n) is 3.73. The maximum atomic E-state index is 12.6. The van der Waals surface area contributed by atoms with Crippen LogP contribution in [0.3, 0.4) is 0 Å². The Bertz CT molecular complexity index is 980. The summed E-state index contributed by atoms with van der Waals surface area (Å²) < 4.78 is 42.9. The summed E-state index contributed by atoms with van der Waals surface area (Å²) >= 11 is 5.78. The lowest BCUT2D eigenvalue weighted by Gasteiger charge is -2.06. The number of carbonyl (C=O) groups is 1. The molecule has 142 valence electrons. The standard InChI is InChI=1S/C21H13ClF3NO2/c22-17-7-11-19(12-8-17)28-20(27)15-3-9-18(10-4-15)26-13-14-1-5-16(6-2-14)21(23,24)25/h1-13H. The fourth-order valence-corrected chi connectivity index (χ4v) is 2.39. The first kappa shape index (κ1) is 19.6. The minimum atomic E-state index is -4.37. The number of nitrogens with zero attached hydrogens (tertiary/aromatic N) is 1. The zero-order valence-corrected chi connectivity index (χ0v) is 15.0. The molecule has 0 unspecified atom stereocenters. The summed E-state index contributed by atoms with van der Waals surface area (Å²) in [6, 6.07) is 17.4. The summed E-state index contributed by atoms with van der Waals surface area (Å²) in [7, 11) is 0. The molecule has 0 aromatic heterocycles. The van der Waals surface area contributed by atoms with E-state index in [4.69, 9.17) is 16.3 Å². The third-order valence-corrected chi connectivity index (χ3v) is 3.98. The SMILES string of the molecule is O=C(Oc1ccc(Cl)cc1)c1ccc(N=Cc2ccc(C(F)(F)F)cc2)cc1. The van der Waals surface area contributed by atoms with Crippen LogP contribution < -0.4 is 4.74 Å². The van der Waals surface area contributed by atoms with Crippen LogP contribution in [0.25, 0.3) is 0 Å². The lowest BCUT2D eigenvalue weighted by Crippen LogP contribution is -2.07. The molecule has 0 amide bonds. The van der Waals surface area contributed by atoms with Gasteiger partial charge in [-0.3, -0.25) is 4.99 Å². The molecule has 0 heterocycles. The van der Waals surface area contributed by atoms with Crippen LogP contribution in [0.2, 0.25) is 5.02 Å². The topological polar surface area (TPSA) is 38.7 Å². The molecule has 0 radical (unpaired) electrons. The van der Waals surface area contributed by atoms with Gasteiger partial charge < -0.3 is 4.74 Å². The Labute approximate surface area is 164 Å². The molecule has 3 rings (SSSR count). The molecule has 0 saturated carbocycles. The average Bonchev–Trinajstić information content (AvgIpc) is 2.68. The van der Waals surface area contributed by atoms with Gasteiger partial charge in [0, 0.05) is 11.2 Å². The number of halogens is 4. The second-order valence-electron chi connectivity index (χ2n) is 5.77. The second kappa shape index (κ2) is 8.27. The maximum Gasteiger partial charge on any atom is 0.416 e. The van der Waals surface area contributed by atoms with E-state index in [1.165, 1.54) is 18.3 Å². The first-order valence-corrected chi connectivity index (χ1v) is 8.48. The molecule has 0 bridgehead atoms. The Morgan fingerprint density at radius 2 is 1.50 bits per heavy atom. The van der Waals surface area contributed by atoms with Gasteiger partial charge in [-0.25, -0.2) is 4.79 Å². The molecule has 3 aromatic rings. The summed E-state index contributed by atoms with van der Waals surface area (Å²) in [5.41, 5.74) is 0.693. The Hall–Kier alpha value is -3.12. The molecular formula is C21H13ClF3NO2. The van der Waals surface area contributed by atoms with Crippen LogP contribution in [0, 0.1) is 0 Å². The third kappa shape index (κ3) is 5.20. The number of esters is 1. The number of rotatable bonds is 4. The lowest BCUT2D eigenvalue weighted by atomic mass is 10.1. The normalized spacial score (nSPS) is 11.6. The smallest absolute Gasteiger partial charge is 0.416 e. The van der Waals surface area contributed by atoms with Crippen LogP contribution in [-0.4, -0.2) is 12.2 Å². The van der Waals surface area contributed by atoms with Crippen LogP contribution >= 0.6 is 11.6 Å². The van der Waals surface area contributed by atoms with Gasteiger partial charge in [0.1, 0.15) is 5.75 Å². The molecule has 0 aliphatic rings. The zero-order chi connectivity index (χ0) is 20.1. The van der Waals surface area contributed by atoms with Gasteiger partial charge in [0.25, 0.3) is 0 Å². The summed E-state index contributed by atoms with van der Waals surface area (Å²) in [5.74, 6) is -0.153. The van der Waals surface area contributed by atoms with Crippen molar-refractivity contribution in [2.75, 3.05) is 0 Å². The van der Waals surface area contributed by atoms with E-state index in [0.29, 0.717) is 27.6 Å². The number of aliphatic imine (C=N–C) groups is 1. The fraction of sp³-hybridized carbons (Fsp3) is 0.0476. The Balaban J connectivity index is 1.64. The number of hydrogen-bond acceptors (Lipinski definition) is 3. The Kier molecular flexibility index (Phi) is 5.80. The summed E-state index contributed by atoms with van der Waals surface area (Å²) in [6.45, 7) is 0. The van der Waals surface area contributed by atoms with Crippen molar-refractivity contribution in [1.82, 2.24) is 0 Å². The van der Waals surface area contributed by atoms with Crippen molar-refractivity contribution >= 4 is 29.5 Å². The largest absolute Gasteiger partial charge is 0.423 e. The van der Waals surface area contributed by atoms with Crippen LogP contribution in [0.1, 0.15) is 21.5 Å². The van der Waals surface area contributed by atoms with Gasteiger partial charge in [0.15, 0.2) is 0 Å². The van der Waals surface area contributed by atoms with Gasteiger partial charge in [-0.05, 0) is 66.2 Å². The van der Waals surface area contributed by atoms with E-state index in [-0.39, 0.29) is 0 Å². The van der Waals surface area contributed by atoms with E-state index in [1.54, 1.807) is 48.5 Å². The molecule has 0 fully saturated rings. The van der Waals surface area contributed by atoms with Crippen molar-refractivity contribution in [2.24, 2.45) is 4.99 Å². The highest BCUT2D eigenvalue weighted by Crippen LogP contribution is 2.29. The van der Waals surface area contributed by atoms with E-state index < -0.39 is 17.7 Å².